The lowest BCUT2D eigenvalue weighted by atomic mass is 10.0. The van der Waals surface area contributed by atoms with Crippen LogP contribution in [0.4, 0.5) is 5.69 Å². The van der Waals surface area contributed by atoms with Crippen LogP contribution in [0.3, 0.4) is 0 Å². The molecular weight excluding hydrogens is 312 g/mol. The third-order valence-corrected chi connectivity index (χ3v) is 3.43. The maximum Gasteiger partial charge on any atom is 0.273 e. The van der Waals surface area contributed by atoms with E-state index >= 15 is 0 Å². The summed E-state index contributed by atoms with van der Waals surface area (Å²) in [4.78, 5) is 10.5. The molecule has 0 saturated heterocycles. The van der Waals surface area contributed by atoms with Crippen LogP contribution in [0.25, 0.3) is 0 Å². The van der Waals surface area contributed by atoms with Gasteiger partial charge in [-0.15, -0.1) is 0 Å². The molecule has 0 saturated carbocycles. The summed E-state index contributed by atoms with van der Waals surface area (Å²) >= 11 is 3.31. The first-order valence-corrected chi connectivity index (χ1v) is 7.02. The topological polar surface area (TPSA) is 75.4 Å². The van der Waals surface area contributed by atoms with Crippen molar-refractivity contribution in [2.45, 2.75) is 32.9 Å². The lowest BCUT2D eigenvalue weighted by molar-refractivity contribution is -0.385. The molecule has 1 aromatic rings. The Morgan fingerprint density at radius 2 is 2.16 bits per heavy atom. The van der Waals surface area contributed by atoms with E-state index in [0.29, 0.717) is 25.1 Å². The molecule has 0 aliphatic carbocycles. The number of rotatable bonds is 7. The molecule has 0 heterocycles. The Morgan fingerprint density at radius 1 is 1.47 bits per heavy atom. The summed E-state index contributed by atoms with van der Waals surface area (Å²) < 4.78 is 0.817. The molecule has 0 radical (unpaired) electrons. The summed E-state index contributed by atoms with van der Waals surface area (Å²) in [5, 5.41) is 23.7. The molecule has 1 atom stereocenters. The van der Waals surface area contributed by atoms with Crippen LogP contribution in [-0.4, -0.2) is 22.7 Å². The smallest absolute Gasteiger partial charge is 0.273 e. The number of aliphatic hydroxyl groups is 1. The highest BCUT2D eigenvalue weighted by atomic mass is 79.9. The molecule has 0 spiro atoms. The minimum absolute atomic E-state index is 0.111. The average molecular weight is 331 g/mol. The first kappa shape index (κ1) is 16.1. The normalized spacial score (nSPS) is 12.7. The van der Waals surface area contributed by atoms with Crippen molar-refractivity contribution < 1.29 is 10.0 Å². The molecule has 0 aliphatic rings. The third kappa shape index (κ3) is 5.26. The molecule has 0 aromatic heterocycles. The number of nitro groups is 1. The number of nitro benzene ring substituents is 1. The summed E-state index contributed by atoms with van der Waals surface area (Å²) in [5.41, 5.74) is 0.749. The summed E-state index contributed by atoms with van der Waals surface area (Å²) in [7, 11) is 0. The van der Waals surface area contributed by atoms with Gasteiger partial charge >= 0.3 is 0 Å². The lowest BCUT2D eigenvalue weighted by Crippen LogP contribution is -2.23. The summed E-state index contributed by atoms with van der Waals surface area (Å²) in [5.74, 6) is 0.224. The second-order valence-electron chi connectivity index (χ2n) is 4.81. The van der Waals surface area contributed by atoms with E-state index in [1.54, 1.807) is 12.1 Å². The Labute approximate surface area is 121 Å². The van der Waals surface area contributed by atoms with Crippen molar-refractivity contribution in [3.63, 3.8) is 0 Å². The molecule has 5 nitrogen and oxygen atoms in total. The Kier molecular flexibility index (Phi) is 6.41. The predicted octanol–water partition coefficient (Wildman–Crippen LogP) is 2.85. The lowest BCUT2D eigenvalue weighted by Gasteiger charge is -2.14. The number of hydrogen-bond acceptors (Lipinski definition) is 4. The van der Waals surface area contributed by atoms with E-state index in [2.05, 4.69) is 21.2 Å². The van der Waals surface area contributed by atoms with Gasteiger partial charge in [0.15, 0.2) is 0 Å². The minimum atomic E-state index is -0.383. The van der Waals surface area contributed by atoms with Gasteiger partial charge in [-0.25, -0.2) is 0 Å². The fourth-order valence-corrected chi connectivity index (χ4v) is 2.09. The zero-order valence-corrected chi connectivity index (χ0v) is 12.7. The Morgan fingerprint density at radius 3 is 2.74 bits per heavy atom. The summed E-state index contributed by atoms with van der Waals surface area (Å²) in [6.07, 6.45) is 0.296. The molecular formula is C13H19BrN2O3. The molecule has 0 amide bonds. The van der Waals surface area contributed by atoms with Crippen LogP contribution in [0.1, 0.15) is 25.8 Å². The van der Waals surface area contributed by atoms with Gasteiger partial charge in [-0.1, -0.05) is 29.8 Å². The van der Waals surface area contributed by atoms with Crippen LogP contribution >= 0.6 is 15.9 Å². The molecule has 6 heteroatoms. The van der Waals surface area contributed by atoms with Gasteiger partial charge in [0, 0.05) is 22.6 Å². The zero-order valence-electron chi connectivity index (χ0n) is 11.1. The molecule has 0 fully saturated rings. The van der Waals surface area contributed by atoms with E-state index in [0.717, 1.165) is 4.47 Å². The predicted molar refractivity (Wildman–Crippen MR) is 78.0 cm³/mol. The van der Waals surface area contributed by atoms with Crippen LogP contribution < -0.4 is 5.32 Å². The zero-order chi connectivity index (χ0) is 14.4. The van der Waals surface area contributed by atoms with Crippen molar-refractivity contribution in [2.24, 2.45) is 5.92 Å². The van der Waals surface area contributed by atoms with E-state index in [9.17, 15) is 15.2 Å². The molecule has 0 aliphatic heterocycles. The maximum absolute atomic E-state index is 10.9. The quantitative estimate of drug-likeness (QED) is 0.458. The summed E-state index contributed by atoms with van der Waals surface area (Å²) in [6, 6.07) is 4.89. The third-order valence-electron chi connectivity index (χ3n) is 2.94. The van der Waals surface area contributed by atoms with Gasteiger partial charge in [-0.2, -0.15) is 0 Å². The van der Waals surface area contributed by atoms with Crippen molar-refractivity contribution in [1.82, 2.24) is 5.32 Å². The van der Waals surface area contributed by atoms with E-state index in [4.69, 9.17) is 0 Å². The second kappa shape index (κ2) is 7.57. The van der Waals surface area contributed by atoms with E-state index in [1.165, 1.54) is 6.07 Å². The second-order valence-corrected chi connectivity index (χ2v) is 5.72. The molecule has 19 heavy (non-hydrogen) atoms. The Hall–Kier alpha value is -0.980. The molecule has 1 unspecified atom stereocenters. The largest absolute Gasteiger partial charge is 0.393 e. The van der Waals surface area contributed by atoms with Crippen LogP contribution in [0.2, 0.25) is 0 Å². The van der Waals surface area contributed by atoms with E-state index < -0.39 is 0 Å². The van der Waals surface area contributed by atoms with Gasteiger partial charge < -0.3 is 10.4 Å². The molecule has 106 valence electrons. The monoisotopic (exact) mass is 330 g/mol. The van der Waals surface area contributed by atoms with Crippen LogP contribution in [0.5, 0.6) is 0 Å². The number of hydrogen-bond donors (Lipinski definition) is 2. The first-order chi connectivity index (χ1) is 8.91. The number of nitrogens with zero attached hydrogens (tertiary/aromatic N) is 1. The highest BCUT2D eigenvalue weighted by Crippen LogP contribution is 2.22. The van der Waals surface area contributed by atoms with Gasteiger partial charge in [-0.05, 0) is 31.0 Å². The number of halogens is 1. The molecule has 0 bridgehead atoms. The Balaban J connectivity index is 2.53. The van der Waals surface area contributed by atoms with Crippen LogP contribution in [-0.2, 0) is 6.54 Å². The molecule has 1 aromatic carbocycles. The van der Waals surface area contributed by atoms with E-state index in [-0.39, 0.29) is 22.6 Å². The SMILES string of the molecule is CC(C)C(O)CCNCc1cc(Br)ccc1[N+](=O)[O-]. The number of aliphatic hydroxyl groups excluding tert-OH is 1. The highest BCUT2D eigenvalue weighted by Gasteiger charge is 2.13. The average Bonchev–Trinajstić information content (AvgIpc) is 2.33. The van der Waals surface area contributed by atoms with Gasteiger partial charge in [0.05, 0.1) is 11.0 Å². The standard InChI is InChI=1S/C13H19BrN2O3/c1-9(2)13(17)5-6-15-8-10-7-11(14)3-4-12(10)16(18)19/h3-4,7,9,13,15,17H,5-6,8H2,1-2H3. The molecule has 1 rings (SSSR count). The van der Waals surface area contributed by atoms with Gasteiger partial charge in [0.25, 0.3) is 5.69 Å². The maximum atomic E-state index is 10.9. The Bertz CT molecular complexity index is 438. The summed E-state index contributed by atoms with van der Waals surface area (Å²) in [6.45, 7) is 4.97. The number of benzene rings is 1. The highest BCUT2D eigenvalue weighted by molar-refractivity contribution is 9.10. The van der Waals surface area contributed by atoms with Crippen molar-refractivity contribution in [2.75, 3.05) is 6.54 Å². The minimum Gasteiger partial charge on any atom is -0.393 e. The van der Waals surface area contributed by atoms with Crippen molar-refractivity contribution in [1.29, 1.82) is 0 Å². The van der Waals surface area contributed by atoms with Gasteiger partial charge in [-0.3, -0.25) is 10.1 Å². The molecule has 2 N–H and O–H groups in total. The fourth-order valence-electron chi connectivity index (χ4n) is 1.68. The fraction of sp³-hybridized carbons (Fsp3) is 0.538. The van der Waals surface area contributed by atoms with Crippen LogP contribution in [0.15, 0.2) is 22.7 Å². The van der Waals surface area contributed by atoms with Gasteiger partial charge in [0.1, 0.15) is 0 Å². The van der Waals surface area contributed by atoms with Crippen molar-refractivity contribution >= 4 is 21.6 Å². The van der Waals surface area contributed by atoms with Gasteiger partial charge in [0.2, 0.25) is 0 Å². The first-order valence-electron chi connectivity index (χ1n) is 6.23. The van der Waals surface area contributed by atoms with Crippen molar-refractivity contribution in [3.05, 3.63) is 38.3 Å². The van der Waals surface area contributed by atoms with Crippen molar-refractivity contribution in [3.8, 4) is 0 Å². The number of nitrogens with one attached hydrogen (secondary N) is 1. The van der Waals surface area contributed by atoms with Crippen LogP contribution in [0, 0.1) is 16.0 Å². The van der Waals surface area contributed by atoms with E-state index in [1.807, 2.05) is 13.8 Å².